The van der Waals surface area contributed by atoms with E-state index in [1.807, 2.05) is 12.1 Å². The Morgan fingerprint density at radius 2 is 2.36 bits per heavy atom. The third kappa shape index (κ3) is 3.41. The lowest BCUT2D eigenvalue weighted by atomic mass is 10.2. The minimum absolute atomic E-state index is 0.303. The van der Waals surface area contributed by atoms with Gasteiger partial charge in [-0.1, -0.05) is 0 Å². The quantitative estimate of drug-likeness (QED) is 0.886. The van der Waals surface area contributed by atoms with Crippen LogP contribution in [-0.2, 0) is 11.3 Å². The second kappa shape index (κ2) is 6.50. The van der Waals surface area contributed by atoms with Gasteiger partial charge in [-0.05, 0) is 25.0 Å². The number of hydrogen-bond acceptors (Lipinski definition) is 6. The number of hydrogen-bond donors (Lipinski definition) is 1. The predicted molar refractivity (Wildman–Crippen MR) is 85.9 cm³/mol. The van der Waals surface area contributed by atoms with Crippen LogP contribution in [-0.4, -0.2) is 48.3 Å². The largest absolute Gasteiger partial charge is 0.462 e. The standard InChI is InChI=1S/C16H21N3O2S/c1-2-15(21-6-1)16-18-12(11-22-16)8-17-9-14-10-19(5-7-20-14)13-3-4-13/h1-2,6,11,13-14,17H,3-5,7-10H2/t14-/m0/s1. The van der Waals surface area contributed by atoms with Crippen molar-refractivity contribution in [3.8, 4) is 10.8 Å². The van der Waals surface area contributed by atoms with Gasteiger partial charge in [-0.2, -0.15) is 0 Å². The van der Waals surface area contributed by atoms with E-state index in [1.165, 1.54) is 12.8 Å². The van der Waals surface area contributed by atoms with E-state index in [1.54, 1.807) is 17.6 Å². The van der Waals surface area contributed by atoms with Gasteiger partial charge < -0.3 is 14.5 Å². The first-order valence-electron chi connectivity index (χ1n) is 7.93. The molecule has 0 unspecified atom stereocenters. The van der Waals surface area contributed by atoms with Gasteiger partial charge in [0.2, 0.25) is 0 Å². The van der Waals surface area contributed by atoms with Crippen LogP contribution in [0.2, 0.25) is 0 Å². The van der Waals surface area contributed by atoms with Crippen molar-refractivity contribution in [3.05, 3.63) is 29.5 Å². The first-order valence-corrected chi connectivity index (χ1v) is 8.81. The average molecular weight is 319 g/mol. The van der Waals surface area contributed by atoms with Crippen molar-refractivity contribution >= 4 is 11.3 Å². The molecule has 2 aliphatic rings. The average Bonchev–Trinajstić information content (AvgIpc) is 3.06. The summed E-state index contributed by atoms with van der Waals surface area (Å²) in [4.78, 5) is 7.18. The highest BCUT2D eigenvalue weighted by Gasteiger charge is 2.32. The summed E-state index contributed by atoms with van der Waals surface area (Å²) in [5.74, 6) is 0.840. The summed E-state index contributed by atoms with van der Waals surface area (Å²) in [6, 6.07) is 4.67. The van der Waals surface area contributed by atoms with Gasteiger partial charge in [0.05, 0.1) is 24.7 Å². The smallest absolute Gasteiger partial charge is 0.162 e. The van der Waals surface area contributed by atoms with Crippen LogP contribution in [0.3, 0.4) is 0 Å². The first kappa shape index (κ1) is 14.4. The molecule has 0 bridgehead atoms. The fourth-order valence-electron chi connectivity index (χ4n) is 2.90. The van der Waals surface area contributed by atoms with Gasteiger partial charge in [0, 0.05) is 37.6 Å². The van der Waals surface area contributed by atoms with Gasteiger partial charge in [0.1, 0.15) is 0 Å². The molecule has 3 heterocycles. The number of rotatable bonds is 6. The Kier molecular flexibility index (Phi) is 4.25. The summed E-state index contributed by atoms with van der Waals surface area (Å²) in [5, 5.41) is 6.50. The van der Waals surface area contributed by atoms with Crippen LogP contribution < -0.4 is 5.32 Å². The molecule has 22 heavy (non-hydrogen) atoms. The van der Waals surface area contributed by atoms with Crippen molar-refractivity contribution in [3.63, 3.8) is 0 Å². The topological polar surface area (TPSA) is 50.5 Å². The molecule has 0 aromatic carbocycles. The van der Waals surface area contributed by atoms with Crippen molar-refractivity contribution in [2.24, 2.45) is 0 Å². The van der Waals surface area contributed by atoms with Gasteiger partial charge in [-0.3, -0.25) is 4.90 Å². The van der Waals surface area contributed by atoms with Crippen LogP contribution >= 0.6 is 11.3 Å². The summed E-state index contributed by atoms with van der Waals surface area (Å²) in [7, 11) is 0. The van der Waals surface area contributed by atoms with E-state index in [4.69, 9.17) is 9.15 Å². The van der Waals surface area contributed by atoms with Crippen molar-refractivity contribution in [2.75, 3.05) is 26.2 Å². The normalized spacial score (nSPS) is 23.0. The van der Waals surface area contributed by atoms with Crippen LogP contribution in [0.4, 0.5) is 0 Å². The number of morpholine rings is 1. The SMILES string of the molecule is c1coc(-c2nc(CNC[C@H]3CN(C4CC4)CCO3)cs2)c1. The third-order valence-electron chi connectivity index (χ3n) is 4.20. The molecular weight excluding hydrogens is 298 g/mol. The lowest BCUT2D eigenvalue weighted by Crippen LogP contribution is -2.47. The monoisotopic (exact) mass is 319 g/mol. The van der Waals surface area contributed by atoms with E-state index in [0.29, 0.717) is 6.10 Å². The molecule has 1 saturated heterocycles. The van der Waals surface area contributed by atoms with Crippen molar-refractivity contribution < 1.29 is 9.15 Å². The number of furan rings is 1. The highest BCUT2D eigenvalue weighted by molar-refractivity contribution is 7.13. The molecular formula is C16H21N3O2S. The molecule has 0 radical (unpaired) electrons. The van der Waals surface area contributed by atoms with Gasteiger partial charge >= 0.3 is 0 Å². The van der Waals surface area contributed by atoms with Crippen molar-refractivity contribution in [1.82, 2.24) is 15.2 Å². The number of aromatic nitrogens is 1. The van der Waals surface area contributed by atoms with E-state index in [0.717, 1.165) is 55.3 Å². The molecule has 2 aromatic heterocycles. The minimum atomic E-state index is 0.303. The molecule has 5 nitrogen and oxygen atoms in total. The molecule has 6 heteroatoms. The van der Waals surface area contributed by atoms with E-state index >= 15 is 0 Å². The van der Waals surface area contributed by atoms with Crippen LogP contribution in [0.5, 0.6) is 0 Å². The zero-order chi connectivity index (χ0) is 14.8. The number of ether oxygens (including phenoxy) is 1. The van der Waals surface area contributed by atoms with Gasteiger partial charge in [-0.25, -0.2) is 4.98 Å². The maximum absolute atomic E-state index is 5.85. The summed E-state index contributed by atoms with van der Waals surface area (Å²) in [5.41, 5.74) is 1.06. The zero-order valence-corrected chi connectivity index (χ0v) is 13.3. The van der Waals surface area contributed by atoms with Crippen LogP contribution in [0.25, 0.3) is 10.8 Å². The van der Waals surface area contributed by atoms with Crippen molar-refractivity contribution in [1.29, 1.82) is 0 Å². The molecule has 1 saturated carbocycles. The van der Waals surface area contributed by atoms with Crippen LogP contribution in [0.15, 0.2) is 28.2 Å². The fourth-order valence-corrected chi connectivity index (χ4v) is 3.69. The predicted octanol–water partition coefficient (Wildman–Crippen LogP) is 2.36. The Balaban J connectivity index is 1.24. The van der Waals surface area contributed by atoms with Gasteiger partial charge in [0.15, 0.2) is 10.8 Å². The van der Waals surface area contributed by atoms with E-state index in [-0.39, 0.29) is 0 Å². The maximum atomic E-state index is 5.85. The van der Waals surface area contributed by atoms with Crippen LogP contribution in [0, 0.1) is 0 Å². The molecule has 0 spiro atoms. The molecule has 1 aliphatic carbocycles. The van der Waals surface area contributed by atoms with Gasteiger partial charge in [-0.15, -0.1) is 11.3 Å². The van der Waals surface area contributed by atoms with E-state index in [9.17, 15) is 0 Å². The van der Waals surface area contributed by atoms with Crippen LogP contribution in [0.1, 0.15) is 18.5 Å². The van der Waals surface area contributed by atoms with Gasteiger partial charge in [0.25, 0.3) is 0 Å². The first-order chi connectivity index (χ1) is 10.9. The lowest BCUT2D eigenvalue weighted by Gasteiger charge is -2.33. The lowest BCUT2D eigenvalue weighted by molar-refractivity contribution is -0.0301. The summed E-state index contributed by atoms with van der Waals surface area (Å²) < 4.78 is 11.2. The summed E-state index contributed by atoms with van der Waals surface area (Å²) in [6.07, 6.45) is 4.72. The number of thiazole rings is 1. The Morgan fingerprint density at radius 3 is 3.18 bits per heavy atom. The second-order valence-corrected chi connectivity index (χ2v) is 6.83. The Morgan fingerprint density at radius 1 is 1.41 bits per heavy atom. The summed E-state index contributed by atoms with van der Waals surface area (Å²) in [6.45, 7) is 4.69. The molecule has 2 fully saturated rings. The molecule has 2 aromatic rings. The number of nitrogens with one attached hydrogen (secondary N) is 1. The van der Waals surface area contributed by atoms with E-state index < -0.39 is 0 Å². The van der Waals surface area contributed by atoms with E-state index in [2.05, 4.69) is 20.6 Å². The minimum Gasteiger partial charge on any atom is -0.462 e. The molecule has 118 valence electrons. The van der Waals surface area contributed by atoms with Crippen molar-refractivity contribution in [2.45, 2.75) is 31.5 Å². The Bertz CT molecular complexity index is 594. The molecule has 4 rings (SSSR count). The Labute approximate surface area is 134 Å². The Hall–Kier alpha value is -1.21. The number of nitrogens with zero attached hydrogens (tertiary/aromatic N) is 2. The highest BCUT2D eigenvalue weighted by Crippen LogP contribution is 2.28. The molecule has 1 aliphatic heterocycles. The molecule has 0 amide bonds. The summed E-state index contributed by atoms with van der Waals surface area (Å²) >= 11 is 1.62. The second-order valence-electron chi connectivity index (χ2n) is 5.97. The maximum Gasteiger partial charge on any atom is 0.162 e. The molecule has 1 N–H and O–H groups in total. The fraction of sp³-hybridized carbons (Fsp3) is 0.562. The molecule has 1 atom stereocenters. The highest BCUT2D eigenvalue weighted by atomic mass is 32.1. The zero-order valence-electron chi connectivity index (χ0n) is 12.5. The third-order valence-corrected chi connectivity index (χ3v) is 5.10.